The molecule has 0 aliphatic carbocycles. The van der Waals surface area contributed by atoms with E-state index < -0.39 is 0 Å². The molecule has 0 saturated carbocycles. The van der Waals surface area contributed by atoms with Crippen LogP contribution in [0.15, 0.2) is 148 Å². The monoisotopic (exact) mass is 565 g/mol. The number of hydrogen-bond donors (Lipinski definition) is 0. The molecule has 0 amide bonds. The summed E-state index contributed by atoms with van der Waals surface area (Å²) in [4.78, 5) is 14.8. The average Bonchev–Trinajstić information content (AvgIpc) is 3.66. The Hall–Kier alpha value is -6.07. The molecule has 5 nitrogen and oxygen atoms in total. The van der Waals surface area contributed by atoms with E-state index in [0.717, 1.165) is 71.7 Å². The number of fused-ring (bicyclic) bond motifs is 6. The molecule has 0 fully saturated rings. The van der Waals surface area contributed by atoms with E-state index in [0.29, 0.717) is 17.5 Å². The van der Waals surface area contributed by atoms with Crippen molar-refractivity contribution in [2.24, 2.45) is 0 Å². The van der Waals surface area contributed by atoms with Gasteiger partial charge in [0, 0.05) is 38.2 Å². The molecule has 0 spiro atoms. The molecule has 9 rings (SSSR count). The van der Waals surface area contributed by atoms with Gasteiger partial charge < -0.3 is 8.83 Å². The highest BCUT2D eigenvalue weighted by Gasteiger charge is 2.18. The maximum Gasteiger partial charge on any atom is 0.164 e. The molecule has 0 aliphatic rings. The van der Waals surface area contributed by atoms with Crippen molar-refractivity contribution in [1.29, 1.82) is 0 Å². The fourth-order valence-electron chi connectivity index (χ4n) is 6.03. The second-order valence-corrected chi connectivity index (χ2v) is 10.8. The summed E-state index contributed by atoms with van der Waals surface area (Å²) in [6.45, 7) is 0. The first-order valence-corrected chi connectivity index (χ1v) is 14.5. The Morgan fingerprint density at radius 2 is 0.864 bits per heavy atom. The zero-order valence-corrected chi connectivity index (χ0v) is 23.4. The van der Waals surface area contributed by atoms with E-state index >= 15 is 0 Å². The zero-order valence-electron chi connectivity index (χ0n) is 23.4. The third kappa shape index (κ3) is 3.98. The highest BCUT2D eigenvalue weighted by atomic mass is 16.3. The minimum absolute atomic E-state index is 0.602. The SMILES string of the molecule is c1ccc(-c2nc(-c3ccccc3)nc(-c3cccc4oc5cc(-c6ccc7c(c6)oc6ccccc67)ccc5c34)n2)cc1. The maximum atomic E-state index is 6.45. The normalized spacial score (nSPS) is 11.6. The lowest BCUT2D eigenvalue weighted by molar-refractivity contribution is 0.668. The standard InChI is InChI=1S/C39H23N3O2/c1-3-10-24(11-4-1)37-40-38(25-12-5-2-6-13-25)42-39(41-37)31-15-9-17-33-36(31)30-21-19-27(23-35(30)44-33)26-18-20-29-28-14-7-8-16-32(28)43-34(29)22-26/h1-23H. The number of hydrogen-bond acceptors (Lipinski definition) is 5. The van der Waals surface area contributed by atoms with Crippen LogP contribution in [0.4, 0.5) is 0 Å². The van der Waals surface area contributed by atoms with E-state index in [1.807, 2.05) is 91.0 Å². The lowest BCUT2D eigenvalue weighted by Crippen LogP contribution is -2.00. The van der Waals surface area contributed by atoms with Gasteiger partial charge in [0.2, 0.25) is 0 Å². The molecule has 5 heteroatoms. The fourth-order valence-corrected chi connectivity index (χ4v) is 6.03. The van der Waals surface area contributed by atoms with E-state index in [-0.39, 0.29) is 0 Å². The lowest BCUT2D eigenvalue weighted by atomic mass is 10.0. The second kappa shape index (κ2) is 9.75. The highest BCUT2D eigenvalue weighted by Crippen LogP contribution is 2.39. The van der Waals surface area contributed by atoms with Crippen LogP contribution in [-0.4, -0.2) is 15.0 Å². The van der Waals surface area contributed by atoms with Crippen LogP contribution in [0.2, 0.25) is 0 Å². The van der Waals surface area contributed by atoms with Gasteiger partial charge in [-0.3, -0.25) is 0 Å². The Bertz CT molecular complexity index is 2440. The van der Waals surface area contributed by atoms with E-state index in [4.69, 9.17) is 23.8 Å². The molecule has 0 bridgehead atoms. The highest BCUT2D eigenvalue weighted by molar-refractivity contribution is 6.13. The van der Waals surface area contributed by atoms with Gasteiger partial charge in [-0.15, -0.1) is 0 Å². The van der Waals surface area contributed by atoms with Gasteiger partial charge in [0.05, 0.1) is 0 Å². The number of benzene rings is 6. The van der Waals surface area contributed by atoms with Crippen molar-refractivity contribution in [3.8, 4) is 45.3 Å². The molecule has 0 radical (unpaired) electrons. The Morgan fingerprint density at radius 1 is 0.341 bits per heavy atom. The summed E-state index contributed by atoms with van der Waals surface area (Å²) in [6, 6.07) is 47.0. The molecule has 0 N–H and O–H groups in total. The smallest absolute Gasteiger partial charge is 0.164 e. The first kappa shape index (κ1) is 24.5. The molecule has 9 aromatic rings. The number of rotatable bonds is 4. The van der Waals surface area contributed by atoms with Gasteiger partial charge in [0.15, 0.2) is 17.5 Å². The molecule has 3 aromatic heterocycles. The minimum Gasteiger partial charge on any atom is -0.456 e. The predicted octanol–water partition coefficient (Wildman–Crippen LogP) is 10.3. The van der Waals surface area contributed by atoms with Crippen LogP contribution in [0.5, 0.6) is 0 Å². The van der Waals surface area contributed by atoms with Crippen LogP contribution in [0.25, 0.3) is 89.2 Å². The number of nitrogens with zero attached hydrogens (tertiary/aromatic N) is 3. The van der Waals surface area contributed by atoms with Crippen LogP contribution in [0.1, 0.15) is 0 Å². The molecule has 3 heterocycles. The predicted molar refractivity (Wildman–Crippen MR) is 176 cm³/mol. The first-order chi connectivity index (χ1) is 21.8. The van der Waals surface area contributed by atoms with Crippen molar-refractivity contribution in [2.45, 2.75) is 0 Å². The molecular formula is C39H23N3O2. The summed E-state index contributed by atoms with van der Waals surface area (Å²) in [5.74, 6) is 1.86. The van der Waals surface area contributed by atoms with Crippen molar-refractivity contribution in [2.75, 3.05) is 0 Å². The largest absolute Gasteiger partial charge is 0.456 e. The molecule has 44 heavy (non-hydrogen) atoms. The molecule has 0 unspecified atom stereocenters. The molecule has 0 saturated heterocycles. The van der Waals surface area contributed by atoms with Gasteiger partial charge in [0.1, 0.15) is 22.3 Å². The van der Waals surface area contributed by atoms with E-state index in [1.54, 1.807) is 0 Å². The summed E-state index contributed by atoms with van der Waals surface area (Å²) >= 11 is 0. The summed E-state index contributed by atoms with van der Waals surface area (Å²) in [7, 11) is 0. The Labute approximate surface area is 252 Å². The van der Waals surface area contributed by atoms with Gasteiger partial charge in [-0.05, 0) is 47.5 Å². The second-order valence-electron chi connectivity index (χ2n) is 10.8. The quantitative estimate of drug-likeness (QED) is 0.212. The summed E-state index contributed by atoms with van der Waals surface area (Å²) in [5, 5.41) is 4.22. The van der Waals surface area contributed by atoms with Gasteiger partial charge >= 0.3 is 0 Å². The average molecular weight is 566 g/mol. The topological polar surface area (TPSA) is 65.0 Å². The Morgan fingerprint density at radius 3 is 1.57 bits per heavy atom. The summed E-state index contributed by atoms with van der Waals surface area (Å²) in [6.07, 6.45) is 0. The van der Waals surface area contributed by atoms with E-state index in [9.17, 15) is 0 Å². The number of furan rings is 2. The first-order valence-electron chi connectivity index (χ1n) is 14.5. The number of aromatic nitrogens is 3. The third-order valence-electron chi connectivity index (χ3n) is 8.15. The number of para-hydroxylation sites is 1. The summed E-state index contributed by atoms with van der Waals surface area (Å²) < 4.78 is 12.6. The van der Waals surface area contributed by atoms with E-state index in [2.05, 4.69) is 48.5 Å². The third-order valence-corrected chi connectivity index (χ3v) is 8.15. The van der Waals surface area contributed by atoms with Crippen molar-refractivity contribution in [3.05, 3.63) is 140 Å². The van der Waals surface area contributed by atoms with Crippen LogP contribution in [-0.2, 0) is 0 Å². The molecular weight excluding hydrogens is 542 g/mol. The lowest BCUT2D eigenvalue weighted by Gasteiger charge is -2.09. The fraction of sp³-hybridized carbons (Fsp3) is 0. The van der Waals surface area contributed by atoms with Crippen LogP contribution in [0.3, 0.4) is 0 Å². The molecule has 6 aromatic carbocycles. The van der Waals surface area contributed by atoms with Gasteiger partial charge in [0.25, 0.3) is 0 Å². The zero-order chi connectivity index (χ0) is 29.0. The summed E-state index contributed by atoms with van der Waals surface area (Å²) in [5.41, 5.74) is 8.23. The van der Waals surface area contributed by atoms with Crippen LogP contribution >= 0.6 is 0 Å². The van der Waals surface area contributed by atoms with Crippen molar-refractivity contribution in [3.63, 3.8) is 0 Å². The molecule has 0 aliphatic heterocycles. The maximum absolute atomic E-state index is 6.45. The Kier molecular flexibility index (Phi) is 5.43. The van der Waals surface area contributed by atoms with Gasteiger partial charge in [-0.1, -0.05) is 103 Å². The molecule has 0 atom stereocenters. The Balaban J connectivity index is 1.20. The van der Waals surface area contributed by atoms with Crippen molar-refractivity contribution < 1.29 is 8.83 Å². The van der Waals surface area contributed by atoms with Crippen molar-refractivity contribution >= 4 is 43.9 Å². The van der Waals surface area contributed by atoms with Crippen LogP contribution < -0.4 is 0 Å². The van der Waals surface area contributed by atoms with Crippen molar-refractivity contribution in [1.82, 2.24) is 15.0 Å². The van der Waals surface area contributed by atoms with Gasteiger partial charge in [-0.25, -0.2) is 15.0 Å². The van der Waals surface area contributed by atoms with E-state index in [1.165, 1.54) is 0 Å². The van der Waals surface area contributed by atoms with Gasteiger partial charge in [-0.2, -0.15) is 0 Å². The minimum atomic E-state index is 0.602. The molecule has 206 valence electrons. The van der Waals surface area contributed by atoms with Crippen LogP contribution in [0, 0.1) is 0 Å².